The van der Waals surface area contributed by atoms with Gasteiger partial charge in [0.25, 0.3) is 0 Å². The molecule has 0 heterocycles. The van der Waals surface area contributed by atoms with Crippen LogP contribution >= 0.6 is 24.0 Å². The van der Waals surface area contributed by atoms with Crippen LogP contribution < -0.4 is 15.8 Å². The average Bonchev–Trinajstić information content (AvgIpc) is 2.52. The highest BCUT2D eigenvalue weighted by molar-refractivity contribution is 14.0. The summed E-state index contributed by atoms with van der Waals surface area (Å²) in [7, 11) is 4.45. The van der Waals surface area contributed by atoms with Crippen LogP contribution in [0.3, 0.4) is 0 Å². The number of ether oxygens (including phenoxy) is 3. The Labute approximate surface area is 153 Å². The molecule has 1 rings (SSSR count). The van der Waals surface area contributed by atoms with E-state index in [1.807, 2.05) is 13.0 Å². The molecule has 0 fully saturated rings. The Bertz CT molecular complexity index is 537. The van der Waals surface area contributed by atoms with E-state index in [4.69, 9.17) is 19.9 Å². The molecule has 1 aromatic rings. The molecule has 0 saturated heterocycles. The maximum Gasteiger partial charge on any atom is 0.341 e. The maximum absolute atomic E-state index is 11.7. The standard InChI is InChI=1S/C15H23N3O4.HI/c1-10(9-20-2)18-15(16)17-8-11-5-6-13(21-3)12(7-11)14(19)22-4;/h5-7,10H,8-9H2,1-4H3,(H3,16,17,18);1H. The van der Waals surface area contributed by atoms with Crippen LogP contribution in [0.15, 0.2) is 23.2 Å². The highest BCUT2D eigenvalue weighted by atomic mass is 127. The number of aliphatic imine (C=N–C) groups is 1. The van der Waals surface area contributed by atoms with Gasteiger partial charge in [-0.1, -0.05) is 6.07 Å². The summed E-state index contributed by atoms with van der Waals surface area (Å²) >= 11 is 0. The summed E-state index contributed by atoms with van der Waals surface area (Å²) in [5, 5.41) is 3.01. The summed E-state index contributed by atoms with van der Waals surface area (Å²) in [6, 6.07) is 5.27. The number of methoxy groups -OCH3 is 3. The van der Waals surface area contributed by atoms with Crippen LogP contribution in [0, 0.1) is 0 Å². The van der Waals surface area contributed by atoms with E-state index in [0.717, 1.165) is 5.56 Å². The largest absolute Gasteiger partial charge is 0.496 e. The average molecular weight is 437 g/mol. The first-order valence-corrected chi connectivity index (χ1v) is 6.82. The molecule has 1 unspecified atom stereocenters. The Kier molecular flexibility index (Phi) is 10.3. The Balaban J connectivity index is 0.00000484. The van der Waals surface area contributed by atoms with Crippen molar-refractivity contribution in [2.45, 2.75) is 19.5 Å². The van der Waals surface area contributed by atoms with Gasteiger partial charge in [-0.15, -0.1) is 24.0 Å². The molecular formula is C15H24IN3O4. The normalized spacial score (nSPS) is 12.1. The molecular weight excluding hydrogens is 413 g/mol. The van der Waals surface area contributed by atoms with Gasteiger partial charge >= 0.3 is 5.97 Å². The predicted molar refractivity (Wildman–Crippen MR) is 99.5 cm³/mol. The van der Waals surface area contributed by atoms with E-state index in [1.165, 1.54) is 14.2 Å². The van der Waals surface area contributed by atoms with E-state index in [9.17, 15) is 4.79 Å². The van der Waals surface area contributed by atoms with Crippen molar-refractivity contribution in [1.82, 2.24) is 5.32 Å². The second-order valence-electron chi connectivity index (χ2n) is 4.73. The van der Waals surface area contributed by atoms with Crippen molar-refractivity contribution in [3.8, 4) is 5.75 Å². The molecule has 1 aromatic carbocycles. The topological polar surface area (TPSA) is 95.2 Å². The lowest BCUT2D eigenvalue weighted by molar-refractivity contribution is 0.0597. The molecule has 0 aromatic heterocycles. The summed E-state index contributed by atoms with van der Waals surface area (Å²) in [6.07, 6.45) is 0. The molecule has 0 aliphatic carbocycles. The van der Waals surface area contributed by atoms with Crippen LogP contribution in [0.4, 0.5) is 0 Å². The molecule has 1 atom stereocenters. The lowest BCUT2D eigenvalue weighted by Crippen LogP contribution is -2.40. The van der Waals surface area contributed by atoms with Gasteiger partial charge in [-0.05, 0) is 24.6 Å². The van der Waals surface area contributed by atoms with Crippen LogP contribution in [0.1, 0.15) is 22.8 Å². The number of nitrogens with one attached hydrogen (secondary N) is 1. The Morgan fingerprint density at radius 2 is 2.04 bits per heavy atom. The Morgan fingerprint density at radius 1 is 1.35 bits per heavy atom. The van der Waals surface area contributed by atoms with E-state index in [-0.39, 0.29) is 30.0 Å². The van der Waals surface area contributed by atoms with Gasteiger partial charge < -0.3 is 25.3 Å². The smallest absolute Gasteiger partial charge is 0.341 e. The monoisotopic (exact) mass is 437 g/mol. The van der Waals surface area contributed by atoms with Gasteiger partial charge in [0.15, 0.2) is 5.96 Å². The number of nitrogens with zero attached hydrogens (tertiary/aromatic N) is 1. The maximum atomic E-state index is 11.7. The second-order valence-corrected chi connectivity index (χ2v) is 4.73. The van der Waals surface area contributed by atoms with Gasteiger partial charge in [-0.25, -0.2) is 9.79 Å². The van der Waals surface area contributed by atoms with Crippen molar-refractivity contribution in [1.29, 1.82) is 0 Å². The molecule has 0 aliphatic rings. The van der Waals surface area contributed by atoms with Crippen molar-refractivity contribution < 1.29 is 19.0 Å². The van der Waals surface area contributed by atoms with Gasteiger partial charge in [0.1, 0.15) is 11.3 Å². The van der Waals surface area contributed by atoms with Crippen LogP contribution in [-0.2, 0) is 16.0 Å². The zero-order valence-electron chi connectivity index (χ0n) is 13.8. The number of halogens is 1. The number of hydrogen-bond acceptors (Lipinski definition) is 5. The minimum atomic E-state index is -0.456. The first kappa shape index (κ1) is 21.4. The quantitative estimate of drug-likeness (QED) is 0.291. The van der Waals surface area contributed by atoms with Crippen LogP contribution in [-0.4, -0.2) is 45.9 Å². The van der Waals surface area contributed by atoms with Gasteiger partial charge in [0, 0.05) is 13.2 Å². The molecule has 130 valence electrons. The Morgan fingerprint density at radius 3 is 2.61 bits per heavy atom. The summed E-state index contributed by atoms with van der Waals surface area (Å²) in [4.78, 5) is 15.9. The SMILES string of the molecule is COCC(C)NC(N)=NCc1ccc(OC)c(C(=O)OC)c1.I. The first-order chi connectivity index (χ1) is 10.5. The fourth-order valence-electron chi connectivity index (χ4n) is 1.89. The van der Waals surface area contributed by atoms with E-state index in [1.54, 1.807) is 19.2 Å². The summed E-state index contributed by atoms with van der Waals surface area (Å²) < 4.78 is 14.9. The molecule has 8 heteroatoms. The number of esters is 1. The number of guanidine groups is 1. The van der Waals surface area contributed by atoms with Crippen molar-refractivity contribution in [3.63, 3.8) is 0 Å². The third-order valence-corrected chi connectivity index (χ3v) is 2.91. The first-order valence-electron chi connectivity index (χ1n) is 6.82. The minimum Gasteiger partial charge on any atom is -0.496 e. The molecule has 0 aliphatic heterocycles. The number of benzene rings is 1. The zero-order valence-corrected chi connectivity index (χ0v) is 16.1. The third kappa shape index (κ3) is 7.04. The molecule has 0 radical (unpaired) electrons. The number of rotatable bonds is 7. The molecule has 0 spiro atoms. The summed E-state index contributed by atoms with van der Waals surface area (Å²) in [5.74, 6) is 0.321. The lowest BCUT2D eigenvalue weighted by atomic mass is 10.1. The highest BCUT2D eigenvalue weighted by Crippen LogP contribution is 2.21. The molecule has 23 heavy (non-hydrogen) atoms. The lowest BCUT2D eigenvalue weighted by Gasteiger charge is -2.13. The summed E-state index contributed by atoms with van der Waals surface area (Å²) in [6.45, 7) is 2.81. The van der Waals surface area contributed by atoms with Crippen LogP contribution in [0.2, 0.25) is 0 Å². The van der Waals surface area contributed by atoms with Crippen molar-refractivity contribution in [2.24, 2.45) is 10.7 Å². The minimum absolute atomic E-state index is 0. The fraction of sp³-hybridized carbons (Fsp3) is 0.467. The highest BCUT2D eigenvalue weighted by Gasteiger charge is 2.13. The molecule has 0 saturated carbocycles. The third-order valence-electron chi connectivity index (χ3n) is 2.91. The molecule has 3 N–H and O–H groups in total. The predicted octanol–water partition coefficient (Wildman–Crippen LogP) is 1.54. The van der Waals surface area contributed by atoms with E-state index < -0.39 is 5.97 Å². The van der Waals surface area contributed by atoms with E-state index >= 15 is 0 Å². The van der Waals surface area contributed by atoms with Gasteiger partial charge in [-0.2, -0.15) is 0 Å². The second kappa shape index (κ2) is 11.1. The number of hydrogen-bond donors (Lipinski definition) is 2. The Hall–Kier alpha value is -1.55. The number of nitrogens with two attached hydrogens (primary N) is 1. The van der Waals surface area contributed by atoms with Crippen LogP contribution in [0.25, 0.3) is 0 Å². The summed E-state index contributed by atoms with van der Waals surface area (Å²) in [5.41, 5.74) is 6.98. The number of carbonyl (C=O) groups excluding carboxylic acids is 1. The number of carbonyl (C=O) groups is 1. The van der Waals surface area contributed by atoms with E-state index in [0.29, 0.717) is 30.4 Å². The van der Waals surface area contributed by atoms with Gasteiger partial charge in [0.2, 0.25) is 0 Å². The van der Waals surface area contributed by atoms with E-state index in [2.05, 4.69) is 10.3 Å². The van der Waals surface area contributed by atoms with Crippen molar-refractivity contribution >= 4 is 35.9 Å². The van der Waals surface area contributed by atoms with Crippen molar-refractivity contribution in [2.75, 3.05) is 27.9 Å². The van der Waals surface area contributed by atoms with Gasteiger partial charge in [0.05, 0.1) is 27.4 Å². The fourth-order valence-corrected chi connectivity index (χ4v) is 1.89. The van der Waals surface area contributed by atoms with Crippen molar-refractivity contribution in [3.05, 3.63) is 29.3 Å². The zero-order chi connectivity index (χ0) is 16.5. The van der Waals surface area contributed by atoms with Crippen LogP contribution in [0.5, 0.6) is 5.75 Å². The molecule has 7 nitrogen and oxygen atoms in total. The molecule has 0 bridgehead atoms. The molecule has 0 amide bonds. The van der Waals surface area contributed by atoms with Gasteiger partial charge in [-0.3, -0.25) is 0 Å².